The fourth-order valence-electron chi connectivity index (χ4n) is 1.66. The molecule has 0 N–H and O–H groups in total. The topological polar surface area (TPSA) is 0 Å². The molecule has 16 heavy (non-hydrogen) atoms. The van der Waals surface area contributed by atoms with Gasteiger partial charge in [-0.2, -0.15) is 23.5 Å². The Bertz CT molecular complexity index is 205. The minimum Gasteiger partial charge on any atom is -0.160 e. The van der Waals surface area contributed by atoms with E-state index in [1.165, 1.54) is 34.5 Å². The van der Waals surface area contributed by atoms with Gasteiger partial charge in [0.2, 0.25) is 0 Å². The van der Waals surface area contributed by atoms with Gasteiger partial charge in [0.05, 0.1) is 9.16 Å². The van der Waals surface area contributed by atoms with Crippen LogP contribution in [0.4, 0.5) is 0 Å². The highest BCUT2D eigenvalue weighted by atomic mass is 32.2. The molecule has 3 fully saturated rings. The molecule has 0 aliphatic carbocycles. The van der Waals surface area contributed by atoms with Crippen molar-refractivity contribution in [1.29, 1.82) is 0 Å². The van der Waals surface area contributed by atoms with E-state index in [0.29, 0.717) is 0 Å². The summed E-state index contributed by atoms with van der Waals surface area (Å²) in [6, 6.07) is 0. The van der Waals surface area contributed by atoms with Gasteiger partial charge in [0, 0.05) is 45.0 Å². The summed E-state index contributed by atoms with van der Waals surface area (Å²) in [7, 11) is 0. The molecule has 0 bridgehead atoms. The molecule has 0 unspecified atom stereocenters. The Morgan fingerprint density at radius 2 is 1.31 bits per heavy atom. The third-order valence-corrected chi connectivity index (χ3v) is 13.2. The van der Waals surface area contributed by atoms with Gasteiger partial charge in [0.25, 0.3) is 0 Å². The van der Waals surface area contributed by atoms with Crippen LogP contribution in [0.1, 0.15) is 0 Å². The fraction of sp³-hybridized carbons (Fsp3) is 1.00. The van der Waals surface area contributed by atoms with Crippen LogP contribution in [0, 0.1) is 0 Å². The molecule has 3 saturated heterocycles. The van der Waals surface area contributed by atoms with Crippen LogP contribution < -0.4 is 0 Å². The predicted molar refractivity (Wildman–Crippen MR) is 89.9 cm³/mol. The molecule has 0 nitrogen and oxygen atoms in total. The van der Waals surface area contributed by atoms with Crippen molar-refractivity contribution < 1.29 is 0 Å². The predicted octanol–water partition coefficient (Wildman–Crippen LogP) is 3.82. The van der Waals surface area contributed by atoms with E-state index in [9.17, 15) is 0 Å². The van der Waals surface area contributed by atoms with E-state index in [4.69, 9.17) is 0 Å². The Morgan fingerprint density at radius 3 is 1.69 bits per heavy atom. The van der Waals surface area contributed by atoms with E-state index >= 15 is 0 Å². The summed E-state index contributed by atoms with van der Waals surface area (Å²) >= 11 is 13.3. The first-order chi connectivity index (χ1) is 7.92. The molecule has 3 rings (SSSR count). The lowest BCUT2D eigenvalue weighted by Crippen LogP contribution is -2.30. The van der Waals surface area contributed by atoms with E-state index in [0.717, 1.165) is 19.7 Å². The molecule has 0 aromatic rings. The molecule has 3 aliphatic rings. The lowest BCUT2D eigenvalue weighted by Gasteiger charge is -2.35. The number of thioether (sulfide) groups is 6. The summed E-state index contributed by atoms with van der Waals surface area (Å²) < 4.78 is 1.75. The first-order valence-electron chi connectivity index (χ1n) is 5.61. The Kier molecular flexibility index (Phi) is 5.33. The van der Waals surface area contributed by atoms with E-state index in [2.05, 4.69) is 70.6 Å². The maximum absolute atomic E-state index is 2.30. The standard InChI is InChI=1S/C10H16S6/c1-2-14-9(13-1)10(15-7-3-11-4-7)16-8-5-12-6-8/h7-10H,1-6H2. The monoisotopic (exact) mass is 328 g/mol. The normalized spacial score (nSPS) is 28.3. The second-order valence-corrected chi connectivity index (χ2v) is 12.2. The van der Waals surface area contributed by atoms with Gasteiger partial charge in [-0.15, -0.1) is 47.0 Å². The van der Waals surface area contributed by atoms with Crippen LogP contribution in [-0.2, 0) is 0 Å². The van der Waals surface area contributed by atoms with Crippen molar-refractivity contribution in [2.45, 2.75) is 19.7 Å². The molecule has 3 heterocycles. The molecule has 0 aromatic carbocycles. The Hall–Kier alpha value is 2.10. The van der Waals surface area contributed by atoms with Gasteiger partial charge in [-0.3, -0.25) is 0 Å². The molecule has 3 aliphatic heterocycles. The fourth-order valence-corrected chi connectivity index (χ4v) is 11.4. The molecule has 92 valence electrons. The minimum absolute atomic E-state index is 0.870. The zero-order valence-electron chi connectivity index (χ0n) is 9.00. The Labute approximate surface area is 124 Å². The van der Waals surface area contributed by atoms with Gasteiger partial charge < -0.3 is 0 Å². The van der Waals surface area contributed by atoms with Crippen molar-refractivity contribution in [3.63, 3.8) is 0 Å². The average molecular weight is 329 g/mol. The van der Waals surface area contributed by atoms with Crippen molar-refractivity contribution in [3.8, 4) is 0 Å². The third kappa shape index (κ3) is 3.35. The van der Waals surface area contributed by atoms with Crippen LogP contribution in [-0.4, -0.2) is 54.2 Å². The van der Waals surface area contributed by atoms with Crippen molar-refractivity contribution in [2.24, 2.45) is 0 Å². The van der Waals surface area contributed by atoms with Gasteiger partial charge in [0.15, 0.2) is 0 Å². The molecule has 6 heteroatoms. The maximum atomic E-state index is 2.30. The van der Waals surface area contributed by atoms with Gasteiger partial charge in [0.1, 0.15) is 0 Å². The molecule has 0 saturated carbocycles. The van der Waals surface area contributed by atoms with Crippen LogP contribution in [0.3, 0.4) is 0 Å². The Morgan fingerprint density at radius 1 is 0.812 bits per heavy atom. The zero-order chi connectivity index (χ0) is 10.8. The molecule has 0 spiro atoms. The second-order valence-electron chi connectivity index (χ2n) is 4.07. The van der Waals surface area contributed by atoms with Crippen molar-refractivity contribution in [2.75, 3.05) is 34.5 Å². The number of hydrogen-bond acceptors (Lipinski definition) is 6. The molecule has 0 aromatic heterocycles. The van der Waals surface area contributed by atoms with Gasteiger partial charge in [-0.1, -0.05) is 0 Å². The van der Waals surface area contributed by atoms with E-state index in [-0.39, 0.29) is 0 Å². The molecule has 0 atom stereocenters. The third-order valence-electron chi connectivity index (χ3n) is 2.74. The first kappa shape index (κ1) is 13.1. The number of rotatable bonds is 5. The van der Waals surface area contributed by atoms with E-state index < -0.39 is 0 Å². The van der Waals surface area contributed by atoms with Crippen molar-refractivity contribution >= 4 is 70.6 Å². The van der Waals surface area contributed by atoms with Gasteiger partial charge in [-0.25, -0.2) is 0 Å². The molecular formula is C10H16S6. The highest BCUT2D eigenvalue weighted by Gasteiger charge is 2.35. The van der Waals surface area contributed by atoms with Crippen molar-refractivity contribution in [1.82, 2.24) is 0 Å². The summed E-state index contributed by atoms with van der Waals surface area (Å²) in [4.78, 5) is 0. The van der Waals surface area contributed by atoms with Crippen molar-refractivity contribution in [3.05, 3.63) is 0 Å². The van der Waals surface area contributed by atoms with Crippen LogP contribution in [0.15, 0.2) is 0 Å². The minimum atomic E-state index is 0.870. The highest BCUT2D eigenvalue weighted by molar-refractivity contribution is 8.26. The molecular weight excluding hydrogens is 313 g/mol. The quantitative estimate of drug-likeness (QED) is 0.699. The second kappa shape index (κ2) is 6.51. The summed E-state index contributed by atoms with van der Waals surface area (Å²) in [5, 5.41) is 1.94. The smallest absolute Gasteiger partial charge is 0.0719 e. The number of hydrogen-bond donors (Lipinski definition) is 0. The lowest BCUT2D eigenvalue weighted by atomic mass is 10.5. The van der Waals surface area contributed by atoms with Crippen LogP contribution in [0.2, 0.25) is 0 Å². The highest BCUT2D eigenvalue weighted by Crippen LogP contribution is 2.49. The summed E-state index contributed by atoms with van der Waals surface area (Å²) in [6.45, 7) is 0. The van der Waals surface area contributed by atoms with Crippen LogP contribution >= 0.6 is 70.6 Å². The summed E-state index contributed by atoms with van der Waals surface area (Å²) in [6.07, 6.45) is 0. The lowest BCUT2D eigenvalue weighted by molar-refractivity contribution is 1.06. The summed E-state index contributed by atoms with van der Waals surface area (Å²) in [5.41, 5.74) is 0. The van der Waals surface area contributed by atoms with Gasteiger partial charge >= 0.3 is 0 Å². The van der Waals surface area contributed by atoms with Gasteiger partial charge in [-0.05, 0) is 0 Å². The maximum Gasteiger partial charge on any atom is 0.0719 e. The first-order valence-corrected chi connectivity index (χ1v) is 11.9. The molecule has 0 radical (unpaired) electrons. The zero-order valence-corrected chi connectivity index (χ0v) is 13.9. The SMILES string of the molecule is C1CSC(C(SC2CSC2)SC2CSC2)S1. The van der Waals surface area contributed by atoms with Crippen LogP contribution in [0.25, 0.3) is 0 Å². The molecule has 0 amide bonds. The Balaban J connectivity index is 1.52. The largest absolute Gasteiger partial charge is 0.160 e. The van der Waals surface area contributed by atoms with E-state index in [1.54, 1.807) is 0 Å². The van der Waals surface area contributed by atoms with E-state index in [1.807, 2.05) is 0 Å². The average Bonchev–Trinajstić information content (AvgIpc) is 2.65. The van der Waals surface area contributed by atoms with Crippen LogP contribution in [0.5, 0.6) is 0 Å². The summed E-state index contributed by atoms with van der Waals surface area (Å²) in [5.74, 6) is 8.39.